The Bertz CT molecular complexity index is 1200. The van der Waals surface area contributed by atoms with Crippen molar-refractivity contribution >= 4 is 23.6 Å². The lowest BCUT2D eigenvalue weighted by Gasteiger charge is -2.40. The van der Waals surface area contributed by atoms with Crippen LogP contribution >= 0.6 is 11.6 Å². The molecule has 208 valence electrons. The number of benzene rings is 1. The molecule has 1 unspecified atom stereocenters. The number of halogens is 7. The Hall–Kier alpha value is -3.00. The Morgan fingerprint density at radius 1 is 1.05 bits per heavy atom. The molecule has 1 saturated heterocycles. The van der Waals surface area contributed by atoms with Crippen molar-refractivity contribution in [3.8, 4) is 0 Å². The van der Waals surface area contributed by atoms with Crippen LogP contribution in [0.5, 0.6) is 0 Å². The summed E-state index contributed by atoms with van der Waals surface area (Å²) in [5.74, 6) is -0.850. The zero-order valence-corrected chi connectivity index (χ0v) is 20.9. The molecule has 0 spiro atoms. The predicted molar refractivity (Wildman–Crippen MR) is 122 cm³/mol. The summed E-state index contributed by atoms with van der Waals surface area (Å²) in [6.07, 6.45) is -9.62. The van der Waals surface area contributed by atoms with E-state index in [1.165, 1.54) is 26.6 Å². The summed E-state index contributed by atoms with van der Waals surface area (Å²) < 4.78 is 86.5. The van der Waals surface area contributed by atoms with E-state index in [0.29, 0.717) is 18.7 Å². The minimum absolute atomic E-state index is 0.0477. The van der Waals surface area contributed by atoms with E-state index in [2.05, 4.69) is 5.10 Å². The number of carbonyl (C=O) groups excluding carboxylic acids is 2. The highest BCUT2D eigenvalue weighted by Crippen LogP contribution is 2.32. The van der Waals surface area contributed by atoms with Crippen LogP contribution in [0.3, 0.4) is 0 Å². The van der Waals surface area contributed by atoms with E-state index in [9.17, 15) is 35.9 Å². The van der Waals surface area contributed by atoms with Crippen molar-refractivity contribution in [1.82, 2.24) is 24.5 Å². The number of fused-ring (bicyclic) bond motifs is 1. The average molecular weight is 568 g/mol. The molecule has 1 aromatic heterocycles. The molecular weight excluding hydrogens is 544 g/mol. The van der Waals surface area contributed by atoms with Crippen LogP contribution < -0.4 is 0 Å². The minimum atomic E-state index is -4.62. The number of likely N-dealkylation sites (N-methyl/N-ethyl adjacent to an activating group) is 1. The first-order valence-electron chi connectivity index (χ1n) is 11.6. The summed E-state index contributed by atoms with van der Waals surface area (Å²) in [5, 5.41) is 4.04. The third-order valence-corrected chi connectivity index (χ3v) is 6.58. The summed E-state index contributed by atoms with van der Waals surface area (Å²) in [6.45, 7) is -0.135. The first-order valence-corrected chi connectivity index (χ1v) is 12.0. The van der Waals surface area contributed by atoms with Gasteiger partial charge in [-0.2, -0.15) is 31.4 Å². The Balaban J connectivity index is 1.44. The maximum absolute atomic E-state index is 13.6. The fourth-order valence-corrected chi connectivity index (χ4v) is 4.70. The molecule has 1 aromatic carbocycles. The Morgan fingerprint density at radius 3 is 2.47 bits per heavy atom. The summed E-state index contributed by atoms with van der Waals surface area (Å²) in [4.78, 5) is 29.3. The van der Waals surface area contributed by atoms with Gasteiger partial charge < -0.3 is 19.4 Å². The summed E-state index contributed by atoms with van der Waals surface area (Å²) in [7, 11) is 1.55. The van der Waals surface area contributed by atoms with Gasteiger partial charge in [-0.3, -0.25) is 9.48 Å². The molecule has 2 aliphatic heterocycles. The third-order valence-electron chi connectivity index (χ3n) is 6.36. The molecule has 8 nitrogen and oxygen atoms in total. The van der Waals surface area contributed by atoms with Crippen molar-refractivity contribution in [2.24, 2.45) is 0 Å². The van der Waals surface area contributed by atoms with Crippen molar-refractivity contribution in [1.29, 1.82) is 0 Å². The number of carbonyl (C=O) groups is 2. The molecule has 1 fully saturated rings. The van der Waals surface area contributed by atoms with Gasteiger partial charge in [0.15, 0.2) is 5.69 Å². The first kappa shape index (κ1) is 28.0. The summed E-state index contributed by atoms with van der Waals surface area (Å²) >= 11 is 5.77. The molecule has 0 saturated carbocycles. The van der Waals surface area contributed by atoms with Gasteiger partial charge in [-0.05, 0) is 43.3 Å². The van der Waals surface area contributed by atoms with Crippen LogP contribution in [0.1, 0.15) is 33.7 Å². The standard InChI is InChI=1S/C23H24ClF6N5O3/c1-32-5-6-34(19(12-32)23(28,29)30)20(36)18-10-17-11-33(3-2-4-35(17)31-18)21(37)38-13-14-7-15(22(25,26)27)9-16(24)8-14/h7-10,19H,2-6,11-13H2,1H3. The number of hydrogen-bond donors (Lipinski definition) is 0. The number of piperazine rings is 1. The van der Waals surface area contributed by atoms with E-state index in [1.807, 2.05) is 0 Å². The molecule has 2 amide bonds. The molecule has 4 rings (SSSR count). The maximum atomic E-state index is 13.6. The minimum Gasteiger partial charge on any atom is -0.445 e. The second-order valence-corrected chi connectivity index (χ2v) is 9.67. The van der Waals surface area contributed by atoms with Crippen LogP contribution in [-0.4, -0.2) is 81.9 Å². The van der Waals surface area contributed by atoms with Gasteiger partial charge in [-0.1, -0.05) is 11.6 Å². The molecule has 15 heteroatoms. The molecule has 3 heterocycles. The highest BCUT2D eigenvalue weighted by atomic mass is 35.5. The van der Waals surface area contributed by atoms with E-state index in [0.717, 1.165) is 17.0 Å². The number of nitrogens with zero attached hydrogens (tertiary/aromatic N) is 5. The smallest absolute Gasteiger partial charge is 0.416 e. The fourth-order valence-electron chi connectivity index (χ4n) is 4.45. The molecule has 2 aromatic rings. The first-order chi connectivity index (χ1) is 17.7. The zero-order valence-electron chi connectivity index (χ0n) is 20.2. The van der Waals surface area contributed by atoms with E-state index in [4.69, 9.17) is 16.3 Å². The summed E-state index contributed by atoms with van der Waals surface area (Å²) in [5.41, 5.74) is -0.660. The van der Waals surface area contributed by atoms with Crippen LogP contribution in [0.2, 0.25) is 5.02 Å². The normalized spacial score (nSPS) is 19.2. The Labute approximate surface area is 218 Å². The number of aryl methyl sites for hydroxylation is 1. The highest BCUT2D eigenvalue weighted by molar-refractivity contribution is 6.30. The van der Waals surface area contributed by atoms with Gasteiger partial charge in [-0.25, -0.2) is 4.79 Å². The zero-order chi connectivity index (χ0) is 27.8. The van der Waals surface area contributed by atoms with E-state index >= 15 is 0 Å². The van der Waals surface area contributed by atoms with Crippen LogP contribution in [0.25, 0.3) is 0 Å². The van der Waals surface area contributed by atoms with Crippen LogP contribution in [0, 0.1) is 0 Å². The van der Waals surface area contributed by atoms with Crippen LogP contribution in [-0.2, 0) is 30.6 Å². The van der Waals surface area contributed by atoms with Gasteiger partial charge in [0.2, 0.25) is 0 Å². The molecule has 0 aliphatic carbocycles. The van der Waals surface area contributed by atoms with Crippen LogP contribution in [0.4, 0.5) is 31.1 Å². The number of amides is 2. The largest absolute Gasteiger partial charge is 0.445 e. The number of rotatable bonds is 3. The van der Waals surface area contributed by atoms with Gasteiger partial charge in [0, 0.05) is 37.7 Å². The molecule has 0 N–H and O–H groups in total. The number of ether oxygens (including phenoxy) is 1. The van der Waals surface area contributed by atoms with Crippen molar-refractivity contribution in [3.63, 3.8) is 0 Å². The van der Waals surface area contributed by atoms with E-state index in [1.54, 1.807) is 7.05 Å². The number of hydrogen-bond acceptors (Lipinski definition) is 5. The van der Waals surface area contributed by atoms with Crippen molar-refractivity contribution < 1.29 is 40.7 Å². The Morgan fingerprint density at radius 2 is 1.79 bits per heavy atom. The quantitative estimate of drug-likeness (QED) is 0.514. The lowest BCUT2D eigenvalue weighted by Crippen LogP contribution is -2.59. The highest BCUT2D eigenvalue weighted by Gasteiger charge is 2.48. The van der Waals surface area contributed by atoms with Crippen molar-refractivity contribution in [2.75, 3.05) is 33.2 Å². The lowest BCUT2D eigenvalue weighted by molar-refractivity contribution is -0.187. The molecule has 38 heavy (non-hydrogen) atoms. The third kappa shape index (κ3) is 6.34. The topological polar surface area (TPSA) is 70.9 Å². The molecule has 0 bridgehead atoms. The monoisotopic (exact) mass is 567 g/mol. The molecule has 1 atom stereocenters. The van der Waals surface area contributed by atoms with Crippen molar-refractivity contribution in [2.45, 2.75) is 44.5 Å². The van der Waals surface area contributed by atoms with Crippen LogP contribution in [0.15, 0.2) is 24.3 Å². The Kier molecular flexibility index (Phi) is 7.84. The molecule has 2 aliphatic rings. The fraction of sp³-hybridized carbons (Fsp3) is 0.522. The van der Waals surface area contributed by atoms with Gasteiger partial charge in [-0.15, -0.1) is 0 Å². The SMILES string of the molecule is CN1CCN(C(=O)c2cc3n(n2)CCCN(C(=O)OCc2cc(Cl)cc(C(F)(F)F)c2)C3)C(C(F)(F)F)C1. The number of aromatic nitrogens is 2. The van der Waals surface area contributed by atoms with Gasteiger partial charge >= 0.3 is 18.4 Å². The van der Waals surface area contributed by atoms with E-state index < -0.39 is 42.6 Å². The second-order valence-electron chi connectivity index (χ2n) is 9.24. The molecule has 0 radical (unpaired) electrons. The number of alkyl halides is 6. The van der Waals surface area contributed by atoms with E-state index in [-0.39, 0.29) is 49.0 Å². The second kappa shape index (κ2) is 10.6. The molecular formula is C23H24ClF6N5O3. The van der Waals surface area contributed by atoms with Gasteiger partial charge in [0.05, 0.1) is 17.8 Å². The van der Waals surface area contributed by atoms with Gasteiger partial charge in [0.25, 0.3) is 5.91 Å². The lowest BCUT2D eigenvalue weighted by atomic mass is 10.1. The predicted octanol–water partition coefficient (Wildman–Crippen LogP) is 4.42. The van der Waals surface area contributed by atoms with Gasteiger partial charge in [0.1, 0.15) is 12.6 Å². The maximum Gasteiger partial charge on any atom is 0.416 e. The average Bonchev–Trinajstić information content (AvgIpc) is 3.12. The summed E-state index contributed by atoms with van der Waals surface area (Å²) in [6, 6.07) is 2.24. The van der Waals surface area contributed by atoms with Crippen molar-refractivity contribution in [3.05, 3.63) is 51.8 Å².